The number of rotatable bonds is 5. The first-order valence-corrected chi connectivity index (χ1v) is 6.96. The third kappa shape index (κ3) is 3.80. The highest BCUT2D eigenvalue weighted by Crippen LogP contribution is 2.21. The molecule has 0 aromatic carbocycles. The molecule has 0 bridgehead atoms. The Balaban J connectivity index is 1.89. The largest absolute Gasteiger partial charge is 0.383 e. The number of aromatic nitrogens is 1. The quantitative estimate of drug-likeness (QED) is 0.629. The molecule has 1 fully saturated rings. The van der Waals surface area contributed by atoms with E-state index >= 15 is 0 Å². The molecule has 1 saturated heterocycles. The molecule has 0 amide bonds. The van der Waals surface area contributed by atoms with Crippen molar-refractivity contribution in [2.24, 2.45) is 5.92 Å². The third-order valence-electron chi connectivity index (χ3n) is 3.77. The Hall–Kier alpha value is -1.89. The number of nitrogens with one attached hydrogen (secondary N) is 1. The van der Waals surface area contributed by atoms with Gasteiger partial charge in [-0.1, -0.05) is 6.92 Å². The summed E-state index contributed by atoms with van der Waals surface area (Å²) in [5, 5.41) is 13.9. The zero-order valence-corrected chi connectivity index (χ0v) is 11.7. The summed E-state index contributed by atoms with van der Waals surface area (Å²) in [6, 6.07) is 2.70. The summed E-state index contributed by atoms with van der Waals surface area (Å²) in [5.74, 6) is 1.23. The maximum absolute atomic E-state index is 10.8. The number of hydrogen-bond donors (Lipinski definition) is 2. The highest BCUT2D eigenvalue weighted by molar-refractivity contribution is 5.52. The third-order valence-corrected chi connectivity index (χ3v) is 3.77. The molecule has 2 heterocycles. The van der Waals surface area contributed by atoms with Crippen molar-refractivity contribution in [3.63, 3.8) is 0 Å². The maximum Gasteiger partial charge on any atom is 0.276 e. The van der Waals surface area contributed by atoms with Crippen molar-refractivity contribution in [3.8, 4) is 0 Å². The molecule has 7 nitrogen and oxygen atoms in total. The lowest BCUT2D eigenvalue weighted by Crippen LogP contribution is -2.35. The minimum absolute atomic E-state index is 0.0270. The van der Waals surface area contributed by atoms with Crippen molar-refractivity contribution in [1.29, 1.82) is 0 Å². The van der Waals surface area contributed by atoms with Crippen LogP contribution < -0.4 is 11.1 Å². The molecule has 1 aliphatic rings. The summed E-state index contributed by atoms with van der Waals surface area (Å²) in [6.45, 7) is 6.29. The minimum atomic E-state index is -0.455. The number of nitrogen functional groups attached to an aromatic ring is 1. The van der Waals surface area contributed by atoms with E-state index in [9.17, 15) is 10.1 Å². The Kier molecular flexibility index (Phi) is 4.73. The van der Waals surface area contributed by atoms with Gasteiger partial charge in [0, 0.05) is 6.54 Å². The van der Waals surface area contributed by atoms with Gasteiger partial charge in [-0.3, -0.25) is 10.1 Å². The highest BCUT2D eigenvalue weighted by Gasteiger charge is 2.18. The molecule has 0 unspecified atom stereocenters. The zero-order valence-electron chi connectivity index (χ0n) is 11.7. The predicted octanol–water partition coefficient (Wildman–Crippen LogP) is 1.72. The second-order valence-corrected chi connectivity index (χ2v) is 5.15. The number of nitro groups is 1. The number of piperidine rings is 1. The minimum Gasteiger partial charge on any atom is -0.383 e. The fourth-order valence-corrected chi connectivity index (χ4v) is 2.49. The van der Waals surface area contributed by atoms with E-state index in [1.807, 2.05) is 0 Å². The van der Waals surface area contributed by atoms with E-state index in [-0.39, 0.29) is 11.5 Å². The molecule has 2 rings (SSSR count). The van der Waals surface area contributed by atoms with Crippen LogP contribution in [0.4, 0.5) is 17.3 Å². The molecule has 0 saturated carbocycles. The fourth-order valence-electron chi connectivity index (χ4n) is 2.49. The lowest BCUT2D eigenvalue weighted by molar-refractivity contribution is -0.384. The van der Waals surface area contributed by atoms with Gasteiger partial charge in [0.2, 0.25) is 0 Å². The van der Waals surface area contributed by atoms with Gasteiger partial charge in [0.25, 0.3) is 5.69 Å². The SMILES string of the molecule is CCN1CCC(CNc2cc([N+](=O)[O-])cc(N)n2)CC1. The molecule has 1 aliphatic heterocycles. The van der Waals surface area contributed by atoms with Crippen LogP contribution in [-0.2, 0) is 0 Å². The summed E-state index contributed by atoms with van der Waals surface area (Å²) < 4.78 is 0. The molecule has 1 aromatic rings. The van der Waals surface area contributed by atoms with Gasteiger partial charge < -0.3 is 16.0 Å². The molecule has 1 aromatic heterocycles. The van der Waals surface area contributed by atoms with E-state index in [0.717, 1.165) is 39.0 Å². The summed E-state index contributed by atoms with van der Waals surface area (Å²) in [7, 11) is 0. The predicted molar refractivity (Wildman–Crippen MR) is 78.6 cm³/mol. The number of nitrogens with two attached hydrogens (primary N) is 1. The van der Waals surface area contributed by atoms with Crippen LogP contribution >= 0.6 is 0 Å². The van der Waals surface area contributed by atoms with Crippen molar-refractivity contribution in [1.82, 2.24) is 9.88 Å². The van der Waals surface area contributed by atoms with Crippen LogP contribution in [-0.4, -0.2) is 41.0 Å². The van der Waals surface area contributed by atoms with E-state index in [4.69, 9.17) is 5.73 Å². The number of nitrogens with zero attached hydrogens (tertiary/aromatic N) is 3. The second-order valence-electron chi connectivity index (χ2n) is 5.15. The average molecular weight is 279 g/mol. The van der Waals surface area contributed by atoms with E-state index in [0.29, 0.717) is 11.7 Å². The molecule has 20 heavy (non-hydrogen) atoms. The van der Waals surface area contributed by atoms with Crippen molar-refractivity contribution in [3.05, 3.63) is 22.2 Å². The van der Waals surface area contributed by atoms with Gasteiger partial charge in [0.15, 0.2) is 0 Å². The molecule has 3 N–H and O–H groups in total. The Bertz CT molecular complexity index is 472. The Labute approximate surface area is 118 Å². The summed E-state index contributed by atoms with van der Waals surface area (Å²) in [6.07, 6.45) is 2.29. The van der Waals surface area contributed by atoms with Crippen molar-refractivity contribution in [2.75, 3.05) is 37.2 Å². The number of pyridine rings is 1. The van der Waals surface area contributed by atoms with E-state index in [2.05, 4.69) is 22.1 Å². The Morgan fingerprint density at radius 3 is 2.80 bits per heavy atom. The Morgan fingerprint density at radius 2 is 2.20 bits per heavy atom. The summed E-state index contributed by atoms with van der Waals surface area (Å²) >= 11 is 0. The van der Waals surface area contributed by atoms with E-state index in [1.54, 1.807) is 0 Å². The molecule has 0 radical (unpaired) electrons. The smallest absolute Gasteiger partial charge is 0.276 e. The topological polar surface area (TPSA) is 97.3 Å². The molecule has 7 heteroatoms. The van der Waals surface area contributed by atoms with Gasteiger partial charge in [-0.25, -0.2) is 4.98 Å². The Morgan fingerprint density at radius 1 is 1.50 bits per heavy atom. The van der Waals surface area contributed by atoms with Gasteiger partial charge in [0.05, 0.1) is 17.1 Å². The molecule has 0 spiro atoms. The van der Waals surface area contributed by atoms with Gasteiger partial charge in [-0.15, -0.1) is 0 Å². The van der Waals surface area contributed by atoms with Gasteiger partial charge in [-0.05, 0) is 38.4 Å². The van der Waals surface area contributed by atoms with E-state index in [1.165, 1.54) is 12.1 Å². The fraction of sp³-hybridized carbons (Fsp3) is 0.615. The van der Waals surface area contributed by atoms with Crippen molar-refractivity contribution >= 4 is 17.3 Å². The van der Waals surface area contributed by atoms with Crippen LogP contribution in [0, 0.1) is 16.0 Å². The first kappa shape index (κ1) is 14.5. The second kappa shape index (κ2) is 6.51. The first-order valence-electron chi connectivity index (χ1n) is 6.96. The molecule has 0 aliphatic carbocycles. The zero-order chi connectivity index (χ0) is 14.5. The molecule has 110 valence electrons. The van der Waals surface area contributed by atoms with Gasteiger partial charge >= 0.3 is 0 Å². The first-order chi connectivity index (χ1) is 9.58. The van der Waals surface area contributed by atoms with Crippen LogP contribution in [0.1, 0.15) is 19.8 Å². The van der Waals surface area contributed by atoms with E-state index < -0.39 is 4.92 Å². The maximum atomic E-state index is 10.8. The summed E-state index contributed by atoms with van der Waals surface area (Å²) in [5.41, 5.74) is 5.55. The van der Waals surface area contributed by atoms with Crippen molar-refractivity contribution in [2.45, 2.75) is 19.8 Å². The van der Waals surface area contributed by atoms with Crippen LogP contribution in [0.25, 0.3) is 0 Å². The average Bonchev–Trinajstić information content (AvgIpc) is 2.45. The van der Waals surface area contributed by atoms with Crippen LogP contribution in [0.2, 0.25) is 0 Å². The summed E-state index contributed by atoms with van der Waals surface area (Å²) in [4.78, 5) is 16.8. The van der Waals surface area contributed by atoms with Gasteiger partial charge in [0.1, 0.15) is 11.6 Å². The lowest BCUT2D eigenvalue weighted by atomic mass is 9.97. The normalized spacial score (nSPS) is 17.1. The highest BCUT2D eigenvalue weighted by atomic mass is 16.6. The number of likely N-dealkylation sites (tertiary alicyclic amines) is 1. The molecular formula is C13H21N5O2. The monoisotopic (exact) mass is 279 g/mol. The van der Waals surface area contributed by atoms with Crippen molar-refractivity contribution < 1.29 is 4.92 Å². The lowest BCUT2D eigenvalue weighted by Gasteiger charge is -2.31. The van der Waals surface area contributed by atoms with Crippen LogP contribution in [0.5, 0.6) is 0 Å². The number of anilines is 2. The molecular weight excluding hydrogens is 258 g/mol. The van der Waals surface area contributed by atoms with Crippen LogP contribution in [0.3, 0.4) is 0 Å². The standard InChI is InChI=1S/C13H21N5O2/c1-2-17-5-3-10(4-6-17)9-15-13-8-11(18(19)20)7-12(14)16-13/h7-8,10H,2-6,9H2,1H3,(H3,14,15,16). The molecule has 0 atom stereocenters. The number of hydrogen-bond acceptors (Lipinski definition) is 6. The van der Waals surface area contributed by atoms with Gasteiger partial charge in [-0.2, -0.15) is 0 Å². The van der Waals surface area contributed by atoms with Crippen LogP contribution in [0.15, 0.2) is 12.1 Å².